The van der Waals surface area contributed by atoms with Crippen LogP contribution in [0.1, 0.15) is 6.42 Å². The lowest BCUT2D eigenvalue weighted by Gasteiger charge is -2.19. The molecule has 1 saturated heterocycles. The van der Waals surface area contributed by atoms with Gasteiger partial charge in [-0.15, -0.1) is 0 Å². The van der Waals surface area contributed by atoms with Gasteiger partial charge in [-0.2, -0.15) is 0 Å². The molecule has 0 spiro atoms. The van der Waals surface area contributed by atoms with Crippen molar-refractivity contribution >= 4 is 33.5 Å². The molecule has 1 aromatic heterocycles. The third-order valence-electron chi connectivity index (χ3n) is 2.62. The SMILES string of the molecule is NC(=O)OC1CCN(c2cc(N)ncc2Br)C1. The highest BCUT2D eigenvalue weighted by atomic mass is 79.9. The molecule has 92 valence electrons. The Morgan fingerprint density at radius 2 is 2.41 bits per heavy atom. The molecule has 7 heteroatoms. The van der Waals surface area contributed by atoms with Crippen molar-refractivity contribution in [2.75, 3.05) is 23.7 Å². The summed E-state index contributed by atoms with van der Waals surface area (Å²) in [4.78, 5) is 16.7. The van der Waals surface area contributed by atoms with Gasteiger partial charge in [0.05, 0.1) is 16.7 Å². The zero-order valence-electron chi connectivity index (χ0n) is 9.10. The van der Waals surface area contributed by atoms with Crippen LogP contribution in [-0.2, 0) is 4.74 Å². The molecule has 1 aliphatic rings. The number of aromatic nitrogens is 1. The summed E-state index contributed by atoms with van der Waals surface area (Å²) in [7, 11) is 0. The summed E-state index contributed by atoms with van der Waals surface area (Å²) in [5.41, 5.74) is 11.6. The number of nitrogens with zero attached hydrogens (tertiary/aromatic N) is 2. The van der Waals surface area contributed by atoms with Crippen LogP contribution < -0.4 is 16.4 Å². The first kappa shape index (κ1) is 12.0. The number of carbonyl (C=O) groups excluding carboxylic acids is 1. The van der Waals surface area contributed by atoms with Gasteiger partial charge in [-0.1, -0.05) is 0 Å². The van der Waals surface area contributed by atoms with Gasteiger partial charge in [0.25, 0.3) is 0 Å². The number of hydrogen-bond donors (Lipinski definition) is 2. The molecule has 1 unspecified atom stereocenters. The molecule has 0 bridgehead atoms. The van der Waals surface area contributed by atoms with E-state index in [-0.39, 0.29) is 6.10 Å². The van der Waals surface area contributed by atoms with Crippen LogP contribution in [0.2, 0.25) is 0 Å². The Morgan fingerprint density at radius 3 is 3.12 bits per heavy atom. The maximum absolute atomic E-state index is 10.7. The number of pyridine rings is 1. The quantitative estimate of drug-likeness (QED) is 0.853. The van der Waals surface area contributed by atoms with Crippen LogP contribution in [0.4, 0.5) is 16.3 Å². The minimum atomic E-state index is -0.731. The number of rotatable bonds is 2. The Kier molecular flexibility index (Phi) is 3.37. The van der Waals surface area contributed by atoms with Crippen LogP contribution in [-0.4, -0.2) is 30.3 Å². The van der Waals surface area contributed by atoms with Crippen molar-refractivity contribution in [3.8, 4) is 0 Å². The summed E-state index contributed by atoms with van der Waals surface area (Å²) in [5.74, 6) is 0.461. The minimum absolute atomic E-state index is 0.159. The Labute approximate surface area is 107 Å². The first-order valence-electron chi connectivity index (χ1n) is 5.18. The molecule has 6 nitrogen and oxygen atoms in total. The Balaban J connectivity index is 2.09. The highest BCUT2D eigenvalue weighted by Gasteiger charge is 2.26. The summed E-state index contributed by atoms with van der Waals surface area (Å²) in [6, 6.07) is 1.79. The molecule has 17 heavy (non-hydrogen) atoms. The second kappa shape index (κ2) is 4.79. The summed E-state index contributed by atoms with van der Waals surface area (Å²) >= 11 is 3.42. The summed E-state index contributed by atoms with van der Waals surface area (Å²) < 4.78 is 5.84. The normalized spacial score (nSPS) is 19.4. The molecule has 1 amide bonds. The monoisotopic (exact) mass is 300 g/mol. The first-order chi connectivity index (χ1) is 8.06. The molecule has 2 heterocycles. The minimum Gasteiger partial charge on any atom is -0.444 e. The summed E-state index contributed by atoms with van der Waals surface area (Å²) in [6.45, 7) is 1.41. The fourth-order valence-electron chi connectivity index (χ4n) is 1.89. The Morgan fingerprint density at radius 1 is 1.65 bits per heavy atom. The van der Waals surface area contributed by atoms with E-state index in [4.69, 9.17) is 16.2 Å². The lowest BCUT2D eigenvalue weighted by molar-refractivity contribution is 0.117. The molecule has 0 aliphatic carbocycles. The van der Waals surface area contributed by atoms with Gasteiger partial charge in [-0.05, 0) is 15.9 Å². The third kappa shape index (κ3) is 2.79. The van der Waals surface area contributed by atoms with Crippen LogP contribution in [0.3, 0.4) is 0 Å². The van der Waals surface area contributed by atoms with Crippen molar-refractivity contribution in [3.05, 3.63) is 16.7 Å². The van der Waals surface area contributed by atoms with E-state index >= 15 is 0 Å². The van der Waals surface area contributed by atoms with Crippen molar-refractivity contribution in [1.29, 1.82) is 0 Å². The molecular formula is C10H13BrN4O2. The number of nitrogen functional groups attached to an aromatic ring is 1. The topological polar surface area (TPSA) is 94.5 Å². The zero-order valence-corrected chi connectivity index (χ0v) is 10.7. The number of carbonyl (C=O) groups is 1. The predicted octanol–water partition coefficient (Wildman–Crippen LogP) is 1.10. The smallest absolute Gasteiger partial charge is 0.404 e. The number of amides is 1. The summed E-state index contributed by atoms with van der Waals surface area (Å²) in [6.07, 6.45) is 1.53. The summed E-state index contributed by atoms with van der Waals surface area (Å²) in [5, 5.41) is 0. The molecule has 1 aliphatic heterocycles. The zero-order chi connectivity index (χ0) is 12.4. The van der Waals surface area contributed by atoms with E-state index in [0.717, 1.165) is 23.1 Å². The molecule has 1 aromatic rings. The van der Waals surface area contributed by atoms with Crippen LogP contribution in [0.15, 0.2) is 16.7 Å². The lowest BCUT2D eigenvalue weighted by atomic mass is 10.3. The number of hydrogen-bond acceptors (Lipinski definition) is 5. The second-order valence-corrected chi connectivity index (χ2v) is 4.71. The van der Waals surface area contributed by atoms with E-state index in [1.807, 2.05) is 0 Å². The predicted molar refractivity (Wildman–Crippen MR) is 67.6 cm³/mol. The van der Waals surface area contributed by atoms with Gasteiger partial charge in [-0.3, -0.25) is 0 Å². The van der Waals surface area contributed by atoms with Crippen molar-refractivity contribution in [1.82, 2.24) is 4.98 Å². The van der Waals surface area contributed by atoms with Crippen molar-refractivity contribution in [2.45, 2.75) is 12.5 Å². The van der Waals surface area contributed by atoms with Crippen LogP contribution in [0, 0.1) is 0 Å². The largest absolute Gasteiger partial charge is 0.444 e. The van der Waals surface area contributed by atoms with Gasteiger partial charge in [0.2, 0.25) is 0 Å². The third-order valence-corrected chi connectivity index (χ3v) is 3.24. The van der Waals surface area contributed by atoms with E-state index < -0.39 is 6.09 Å². The average molecular weight is 301 g/mol. The van der Waals surface area contributed by atoms with Crippen LogP contribution in [0.5, 0.6) is 0 Å². The molecule has 4 N–H and O–H groups in total. The van der Waals surface area contributed by atoms with E-state index in [9.17, 15) is 4.79 Å². The molecule has 2 rings (SSSR count). The number of anilines is 2. The van der Waals surface area contributed by atoms with Crippen molar-refractivity contribution in [3.63, 3.8) is 0 Å². The van der Waals surface area contributed by atoms with Gasteiger partial charge in [0.1, 0.15) is 11.9 Å². The van der Waals surface area contributed by atoms with Crippen molar-refractivity contribution in [2.24, 2.45) is 5.73 Å². The maximum atomic E-state index is 10.7. The molecule has 0 radical (unpaired) electrons. The van der Waals surface area contributed by atoms with Crippen LogP contribution in [0.25, 0.3) is 0 Å². The average Bonchev–Trinajstić information content (AvgIpc) is 2.69. The standard InChI is InChI=1S/C10H13BrN4O2/c11-7-4-14-9(12)3-8(7)15-2-1-6(5-15)17-10(13)16/h3-4,6H,1-2,5H2,(H2,12,14)(H2,13,16). The maximum Gasteiger partial charge on any atom is 0.404 e. The number of primary amides is 1. The van der Waals surface area contributed by atoms with Gasteiger partial charge in [-0.25, -0.2) is 9.78 Å². The van der Waals surface area contributed by atoms with Gasteiger partial charge in [0.15, 0.2) is 0 Å². The van der Waals surface area contributed by atoms with Gasteiger partial charge in [0, 0.05) is 25.2 Å². The molecule has 0 aromatic carbocycles. The lowest BCUT2D eigenvalue weighted by Crippen LogP contribution is -2.27. The number of nitrogens with two attached hydrogens (primary N) is 2. The highest BCUT2D eigenvalue weighted by molar-refractivity contribution is 9.10. The molecule has 1 fully saturated rings. The molecule has 0 saturated carbocycles. The second-order valence-electron chi connectivity index (χ2n) is 3.85. The fraction of sp³-hybridized carbons (Fsp3) is 0.400. The van der Waals surface area contributed by atoms with Gasteiger partial charge >= 0.3 is 6.09 Å². The number of ether oxygens (including phenoxy) is 1. The Hall–Kier alpha value is -1.50. The highest BCUT2D eigenvalue weighted by Crippen LogP contribution is 2.30. The van der Waals surface area contributed by atoms with E-state index in [1.165, 1.54) is 0 Å². The Bertz CT molecular complexity index is 440. The molecular weight excluding hydrogens is 288 g/mol. The molecule has 1 atom stereocenters. The van der Waals surface area contributed by atoms with Gasteiger partial charge < -0.3 is 21.1 Å². The van der Waals surface area contributed by atoms with Crippen LogP contribution >= 0.6 is 15.9 Å². The van der Waals surface area contributed by atoms with E-state index in [0.29, 0.717) is 12.4 Å². The fourth-order valence-corrected chi connectivity index (χ4v) is 2.36. The number of halogens is 1. The first-order valence-corrected chi connectivity index (χ1v) is 5.97. The van der Waals surface area contributed by atoms with E-state index in [2.05, 4.69) is 25.8 Å². The van der Waals surface area contributed by atoms with E-state index in [1.54, 1.807) is 12.3 Å². The van der Waals surface area contributed by atoms with Crippen molar-refractivity contribution < 1.29 is 9.53 Å².